The van der Waals surface area contributed by atoms with Gasteiger partial charge >= 0.3 is 0 Å². The van der Waals surface area contributed by atoms with E-state index in [1.165, 1.54) is 10.8 Å². The number of thiocyanates is 2. The van der Waals surface area contributed by atoms with Crippen LogP contribution in [0.25, 0.3) is 0 Å². The summed E-state index contributed by atoms with van der Waals surface area (Å²) >= 11 is 7.40. The Morgan fingerprint density at radius 2 is 0.652 bits per heavy atom. The van der Waals surface area contributed by atoms with E-state index in [1.54, 1.807) is 0 Å². The van der Waals surface area contributed by atoms with Crippen LogP contribution >= 0.6 is 0 Å². The SMILES string of the molecule is CN(C)CCN(C)C.CN(C)CCN(C)C.N#C[S-].N#C[S-].[Ni]. The quantitative estimate of drug-likeness (QED) is 0.353. The van der Waals surface area contributed by atoms with Gasteiger partial charge in [0, 0.05) is 42.7 Å². The summed E-state index contributed by atoms with van der Waals surface area (Å²) in [6.45, 7) is 4.58. The van der Waals surface area contributed by atoms with Gasteiger partial charge in [-0.3, -0.25) is 0 Å². The molecule has 0 aromatic heterocycles. The average molecular weight is 407 g/mol. The van der Waals surface area contributed by atoms with E-state index in [9.17, 15) is 0 Å². The minimum absolute atomic E-state index is 0. The first kappa shape index (κ1) is 34.2. The zero-order chi connectivity index (χ0) is 18.6. The number of rotatable bonds is 6. The predicted octanol–water partition coefficient (Wildman–Crippen LogP) is 0.245. The molecular formula is C14H32N6NiS2-2. The van der Waals surface area contributed by atoms with Crippen LogP contribution in [-0.4, -0.2) is 102 Å². The van der Waals surface area contributed by atoms with Crippen molar-refractivity contribution in [2.45, 2.75) is 0 Å². The van der Waals surface area contributed by atoms with Gasteiger partial charge in [0.2, 0.25) is 0 Å². The fourth-order valence-electron chi connectivity index (χ4n) is 0.800. The van der Waals surface area contributed by atoms with Crippen LogP contribution in [0, 0.1) is 21.3 Å². The van der Waals surface area contributed by atoms with Crippen LogP contribution < -0.4 is 0 Å². The topological polar surface area (TPSA) is 60.5 Å². The van der Waals surface area contributed by atoms with Crippen LogP contribution in [0.3, 0.4) is 0 Å². The fourth-order valence-corrected chi connectivity index (χ4v) is 0.800. The minimum Gasteiger partial charge on any atom is -0.696 e. The molecule has 0 saturated heterocycles. The molecule has 0 unspecified atom stereocenters. The second kappa shape index (κ2) is 29.7. The summed E-state index contributed by atoms with van der Waals surface area (Å²) in [7, 11) is 16.7. The van der Waals surface area contributed by atoms with Crippen LogP contribution in [0.5, 0.6) is 0 Å². The molecule has 0 radical (unpaired) electrons. The van der Waals surface area contributed by atoms with E-state index in [0.29, 0.717) is 0 Å². The second-order valence-corrected chi connectivity index (χ2v) is 5.76. The number of nitrogens with zero attached hydrogens (tertiary/aromatic N) is 6. The van der Waals surface area contributed by atoms with E-state index in [1.807, 2.05) is 0 Å². The molecule has 0 aliphatic rings. The molecule has 0 atom stereocenters. The van der Waals surface area contributed by atoms with Gasteiger partial charge in [0.15, 0.2) is 0 Å². The number of hydrogen-bond donors (Lipinski definition) is 0. The van der Waals surface area contributed by atoms with Crippen molar-refractivity contribution in [3.05, 3.63) is 0 Å². The summed E-state index contributed by atoms with van der Waals surface area (Å²) in [4.78, 5) is 8.72. The minimum atomic E-state index is 0. The van der Waals surface area contributed by atoms with E-state index in [2.05, 4.69) is 101 Å². The van der Waals surface area contributed by atoms with E-state index >= 15 is 0 Å². The van der Waals surface area contributed by atoms with Crippen LogP contribution in [0.15, 0.2) is 0 Å². The monoisotopic (exact) mass is 406 g/mol. The van der Waals surface area contributed by atoms with Crippen molar-refractivity contribution in [3.63, 3.8) is 0 Å². The van der Waals surface area contributed by atoms with Crippen molar-refractivity contribution in [1.29, 1.82) is 10.5 Å². The van der Waals surface area contributed by atoms with Crippen molar-refractivity contribution in [2.75, 3.05) is 82.6 Å². The van der Waals surface area contributed by atoms with Crippen molar-refractivity contribution in [3.8, 4) is 10.8 Å². The van der Waals surface area contributed by atoms with E-state index in [0.717, 1.165) is 26.2 Å². The van der Waals surface area contributed by atoms with Gasteiger partial charge in [-0.2, -0.15) is 0 Å². The van der Waals surface area contributed by atoms with E-state index in [4.69, 9.17) is 10.5 Å². The van der Waals surface area contributed by atoms with Gasteiger partial charge in [-0.25, -0.2) is 10.5 Å². The van der Waals surface area contributed by atoms with Gasteiger partial charge in [-0.05, 0) is 56.4 Å². The molecule has 0 bridgehead atoms. The smallest absolute Gasteiger partial charge is 0.0103 e. The summed E-state index contributed by atoms with van der Waals surface area (Å²) in [5.74, 6) is 0. The van der Waals surface area contributed by atoms with Crippen molar-refractivity contribution >= 4 is 25.3 Å². The molecule has 0 fully saturated rings. The zero-order valence-corrected chi connectivity index (χ0v) is 18.3. The van der Waals surface area contributed by atoms with E-state index in [-0.39, 0.29) is 16.5 Å². The van der Waals surface area contributed by atoms with Crippen LogP contribution in [0.1, 0.15) is 0 Å². The van der Waals surface area contributed by atoms with Crippen LogP contribution in [0.2, 0.25) is 0 Å². The fraction of sp³-hybridized carbons (Fsp3) is 0.857. The number of likely N-dealkylation sites (N-methyl/N-ethyl adjacent to an activating group) is 4. The van der Waals surface area contributed by atoms with Crippen molar-refractivity contribution < 1.29 is 16.5 Å². The molecule has 0 aromatic carbocycles. The van der Waals surface area contributed by atoms with Gasteiger partial charge in [-0.1, -0.05) is 10.8 Å². The van der Waals surface area contributed by atoms with Crippen LogP contribution in [-0.2, 0) is 41.7 Å². The Kier molecular flexibility index (Phi) is 44.2. The summed E-state index contributed by atoms with van der Waals surface area (Å²) in [6, 6.07) is 0. The maximum atomic E-state index is 7.13. The molecule has 0 aliphatic carbocycles. The third kappa shape index (κ3) is 89.2. The zero-order valence-electron chi connectivity index (χ0n) is 15.6. The number of hydrogen-bond acceptors (Lipinski definition) is 8. The van der Waals surface area contributed by atoms with Gasteiger partial charge in [0.1, 0.15) is 0 Å². The maximum Gasteiger partial charge on any atom is 0.0103 e. The van der Waals surface area contributed by atoms with Gasteiger partial charge in [0.05, 0.1) is 0 Å². The second-order valence-electron chi connectivity index (χ2n) is 5.40. The Morgan fingerprint density at radius 1 is 0.565 bits per heavy atom. The molecule has 23 heavy (non-hydrogen) atoms. The third-order valence-electron chi connectivity index (χ3n) is 1.99. The normalized spacial score (nSPS) is 8.43. The molecular weight excluding hydrogens is 375 g/mol. The first-order chi connectivity index (χ1) is 10.1. The molecule has 6 nitrogen and oxygen atoms in total. The molecule has 0 amide bonds. The largest absolute Gasteiger partial charge is 0.696 e. The van der Waals surface area contributed by atoms with Gasteiger partial charge in [-0.15, -0.1) is 0 Å². The summed E-state index contributed by atoms with van der Waals surface area (Å²) < 4.78 is 0. The Morgan fingerprint density at radius 3 is 0.696 bits per heavy atom. The Bertz CT molecular complexity index is 231. The molecule has 0 aliphatic heterocycles. The first-order valence-corrected chi connectivity index (χ1v) is 7.51. The molecule has 0 spiro atoms. The van der Waals surface area contributed by atoms with Crippen LogP contribution in [0.4, 0.5) is 0 Å². The standard InChI is InChI=1S/2C6H16N2.2CHNS.Ni/c2*1-7(2)5-6-8(3)4;2*2-1-3;/h2*5-6H2,1-4H3;2*3H;/p-2. The molecule has 142 valence electrons. The number of nitriles is 2. The van der Waals surface area contributed by atoms with Gasteiger partial charge < -0.3 is 44.9 Å². The van der Waals surface area contributed by atoms with Crippen molar-refractivity contribution in [1.82, 2.24) is 19.6 Å². The Balaban J connectivity index is -0.0000000680. The third-order valence-corrected chi connectivity index (χ3v) is 1.99. The van der Waals surface area contributed by atoms with Crippen molar-refractivity contribution in [2.24, 2.45) is 0 Å². The molecule has 0 heterocycles. The summed E-state index contributed by atoms with van der Waals surface area (Å²) in [5, 5.41) is 16.9. The molecule has 9 heteroatoms. The Hall–Kier alpha value is -0.246. The molecule has 0 saturated carbocycles. The van der Waals surface area contributed by atoms with Gasteiger partial charge in [0.25, 0.3) is 0 Å². The predicted molar refractivity (Wildman–Crippen MR) is 100 cm³/mol. The average Bonchev–Trinajstić information content (AvgIpc) is 2.36. The first-order valence-electron chi connectivity index (χ1n) is 6.70. The molecule has 0 rings (SSSR count). The molecule has 0 N–H and O–H groups in total. The Labute approximate surface area is 165 Å². The van der Waals surface area contributed by atoms with E-state index < -0.39 is 0 Å². The summed E-state index contributed by atoms with van der Waals surface area (Å²) in [5.41, 5.74) is 0. The maximum absolute atomic E-state index is 7.13. The summed E-state index contributed by atoms with van der Waals surface area (Å²) in [6.07, 6.45) is 0. The molecule has 0 aromatic rings.